The van der Waals surface area contributed by atoms with Crippen molar-refractivity contribution in [3.8, 4) is 0 Å². The topological polar surface area (TPSA) is 60.0 Å². The van der Waals surface area contributed by atoms with Crippen LogP contribution in [0.2, 0.25) is 0 Å². The van der Waals surface area contributed by atoms with E-state index >= 15 is 0 Å². The van der Waals surface area contributed by atoms with Gasteiger partial charge in [-0.25, -0.2) is 0 Å². The summed E-state index contributed by atoms with van der Waals surface area (Å²) < 4.78 is 0. The lowest BCUT2D eigenvalue weighted by atomic mass is 9.96. The molecule has 0 radical (unpaired) electrons. The predicted octanol–water partition coefficient (Wildman–Crippen LogP) is 2.10. The summed E-state index contributed by atoms with van der Waals surface area (Å²) in [5.74, 6) is 1.18. The Kier molecular flexibility index (Phi) is 7.79. The summed E-state index contributed by atoms with van der Waals surface area (Å²) in [4.78, 5) is 21.1. The maximum atomic E-state index is 12.0. The molecule has 1 aromatic rings. The number of halogens is 1. The first kappa shape index (κ1) is 22.3. The van der Waals surface area contributed by atoms with Crippen LogP contribution in [0, 0.1) is 5.41 Å². The second-order valence-electron chi connectivity index (χ2n) is 8.67. The maximum Gasteiger partial charge on any atom is 0.234 e. The number of aliphatic imine (C=N–C) groups is 1. The minimum Gasteiger partial charge on any atom is -0.356 e. The zero-order valence-electron chi connectivity index (χ0n) is 17.4. The average Bonchev–Trinajstić information content (AvgIpc) is 3.63. The Morgan fingerprint density at radius 2 is 1.83 bits per heavy atom. The monoisotopic (exact) mass is 511 g/mol. The van der Waals surface area contributed by atoms with E-state index in [1.54, 1.807) is 0 Å². The van der Waals surface area contributed by atoms with E-state index in [0.717, 1.165) is 57.9 Å². The summed E-state index contributed by atoms with van der Waals surface area (Å²) in [6, 6.07) is 11.2. The summed E-state index contributed by atoms with van der Waals surface area (Å²) in [5, 5.41) is 6.71. The Morgan fingerprint density at radius 1 is 1.14 bits per heavy atom. The highest BCUT2D eigenvalue weighted by Gasteiger charge is 2.42. The number of hydrogen-bond donors (Lipinski definition) is 2. The summed E-state index contributed by atoms with van der Waals surface area (Å²) in [6.07, 6.45) is 6.01. The van der Waals surface area contributed by atoms with Crippen molar-refractivity contribution in [2.24, 2.45) is 10.4 Å². The number of piperazine rings is 1. The molecule has 6 nitrogen and oxygen atoms in total. The first-order chi connectivity index (χ1) is 13.7. The molecule has 2 N–H and O–H groups in total. The number of rotatable bonds is 7. The molecule has 160 valence electrons. The van der Waals surface area contributed by atoms with Crippen LogP contribution < -0.4 is 10.6 Å². The van der Waals surface area contributed by atoms with Gasteiger partial charge < -0.3 is 15.5 Å². The van der Waals surface area contributed by atoms with Crippen LogP contribution in [-0.2, 0) is 11.2 Å². The standard InChI is InChI=1S/C22H33N5O.HI/c1-23-21(24-17-22(9-10-22)15-18-5-3-2-4-6-18)27-13-11-26(12-14-27)16-20(28)25-19-7-8-19;/h2-6,19H,7-17H2,1H3,(H,23,24)(H,25,28);1H. The molecule has 0 spiro atoms. The number of nitrogens with zero attached hydrogens (tertiary/aromatic N) is 3. The van der Waals surface area contributed by atoms with E-state index in [4.69, 9.17) is 0 Å². The van der Waals surface area contributed by atoms with Gasteiger partial charge in [0, 0.05) is 45.8 Å². The van der Waals surface area contributed by atoms with Crippen LogP contribution in [0.15, 0.2) is 35.3 Å². The van der Waals surface area contributed by atoms with Gasteiger partial charge in [-0.15, -0.1) is 24.0 Å². The van der Waals surface area contributed by atoms with Crippen LogP contribution in [0.5, 0.6) is 0 Å². The molecule has 7 heteroatoms. The largest absolute Gasteiger partial charge is 0.356 e. The molecule has 1 aliphatic heterocycles. The van der Waals surface area contributed by atoms with Gasteiger partial charge in [-0.3, -0.25) is 14.7 Å². The van der Waals surface area contributed by atoms with Gasteiger partial charge in [-0.2, -0.15) is 0 Å². The van der Waals surface area contributed by atoms with Crippen molar-refractivity contribution in [1.82, 2.24) is 20.4 Å². The molecular formula is C22H34IN5O. The number of nitrogens with one attached hydrogen (secondary N) is 2. The van der Waals surface area contributed by atoms with Crippen LogP contribution in [-0.4, -0.2) is 74.0 Å². The molecule has 2 aliphatic carbocycles. The van der Waals surface area contributed by atoms with E-state index in [1.165, 1.54) is 18.4 Å². The summed E-state index contributed by atoms with van der Waals surface area (Å²) >= 11 is 0. The van der Waals surface area contributed by atoms with E-state index in [1.807, 2.05) is 7.05 Å². The molecule has 2 saturated carbocycles. The van der Waals surface area contributed by atoms with Gasteiger partial charge in [-0.1, -0.05) is 30.3 Å². The lowest BCUT2D eigenvalue weighted by Crippen LogP contribution is -2.54. The summed E-state index contributed by atoms with van der Waals surface area (Å²) in [7, 11) is 1.87. The van der Waals surface area contributed by atoms with Gasteiger partial charge >= 0.3 is 0 Å². The van der Waals surface area contributed by atoms with Gasteiger partial charge in [-0.05, 0) is 43.1 Å². The summed E-state index contributed by atoms with van der Waals surface area (Å²) in [5.41, 5.74) is 1.81. The van der Waals surface area contributed by atoms with Crippen LogP contribution in [0.3, 0.4) is 0 Å². The second kappa shape index (κ2) is 10.1. The van der Waals surface area contributed by atoms with Crippen molar-refractivity contribution in [1.29, 1.82) is 0 Å². The third kappa shape index (κ3) is 6.57. The number of carbonyl (C=O) groups excluding carboxylic acids is 1. The smallest absolute Gasteiger partial charge is 0.234 e. The fraction of sp³-hybridized carbons (Fsp3) is 0.636. The quantitative estimate of drug-likeness (QED) is 0.335. The molecule has 29 heavy (non-hydrogen) atoms. The SMILES string of the molecule is CN=C(NCC1(Cc2ccccc2)CC1)N1CCN(CC(=O)NC2CC2)CC1.I. The van der Waals surface area contributed by atoms with E-state index in [2.05, 4.69) is 55.8 Å². The fourth-order valence-electron chi connectivity index (χ4n) is 4.04. The molecule has 1 aromatic carbocycles. The minimum absolute atomic E-state index is 0. The summed E-state index contributed by atoms with van der Waals surface area (Å²) in [6.45, 7) is 5.17. The molecular weight excluding hydrogens is 477 g/mol. The normalized spacial score (nSPS) is 21.3. The zero-order chi connectivity index (χ0) is 19.4. The van der Waals surface area contributed by atoms with Crippen molar-refractivity contribution in [3.05, 3.63) is 35.9 Å². The zero-order valence-corrected chi connectivity index (χ0v) is 19.7. The first-order valence-electron chi connectivity index (χ1n) is 10.7. The molecule has 0 aromatic heterocycles. The Morgan fingerprint density at radius 3 is 2.41 bits per heavy atom. The van der Waals surface area contributed by atoms with Crippen LogP contribution >= 0.6 is 24.0 Å². The van der Waals surface area contributed by atoms with Gasteiger partial charge in [0.2, 0.25) is 5.91 Å². The molecule has 0 bridgehead atoms. The van der Waals surface area contributed by atoms with Crippen LogP contribution in [0.1, 0.15) is 31.2 Å². The Hall–Kier alpha value is -1.35. The number of benzene rings is 1. The van der Waals surface area contributed by atoms with Crippen molar-refractivity contribution in [2.75, 3.05) is 46.3 Å². The van der Waals surface area contributed by atoms with E-state index in [0.29, 0.717) is 18.0 Å². The van der Waals surface area contributed by atoms with E-state index in [9.17, 15) is 4.79 Å². The van der Waals surface area contributed by atoms with Crippen LogP contribution in [0.25, 0.3) is 0 Å². The predicted molar refractivity (Wildman–Crippen MR) is 128 cm³/mol. The molecule has 1 amide bonds. The molecule has 0 unspecified atom stereocenters. The Labute approximate surface area is 191 Å². The number of hydrogen-bond acceptors (Lipinski definition) is 3. The van der Waals surface area contributed by atoms with Crippen molar-refractivity contribution in [3.63, 3.8) is 0 Å². The lowest BCUT2D eigenvalue weighted by Gasteiger charge is -2.36. The first-order valence-corrected chi connectivity index (χ1v) is 10.7. The highest BCUT2D eigenvalue weighted by Crippen LogP contribution is 2.47. The highest BCUT2D eigenvalue weighted by molar-refractivity contribution is 14.0. The molecule has 0 atom stereocenters. The average molecular weight is 511 g/mol. The van der Waals surface area contributed by atoms with Crippen molar-refractivity contribution in [2.45, 2.75) is 38.1 Å². The van der Waals surface area contributed by atoms with E-state index in [-0.39, 0.29) is 29.9 Å². The minimum atomic E-state index is 0. The Bertz CT molecular complexity index is 694. The molecule has 3 fully saturated rings. The highest BCUT2D eigenvalue weighted by atomic mass is 127. The van der Waals surface area contributed by atoms with Gasteiger partial charge in [0.05, 0.1) is 6.54 Å². The van der Waals surface area contributed by atoms with Gasteiger partial charge in [0.15, 0.2) is 5.96 Å². The third-order valence-corrected chi connectivity index (χ3v) is 6.19. The molecule has 1 heterocycles. The number of guanidine groups is 1. The molecule has 3 aliphatic rings. The Balaban J connectivity index is 0.00000240. The van der Waals surface area contributed by atoms with Gasteiger partial charge in [0.25, 0.3) is 0 Å². The van der Waals surface area contributed by atoms with Crippen LogP contribution in [0.4, 0.5) is 0 Å². The molecule has 1 saturated heterocycles. The van der Waals surface area contributed by atoms with E-state index < -0.39 is 0 Å². The lowest BCUT2D eigenvalue weighted by molar-refractivity contribution is -0.122. The van der Waals surface area contributed by atoms with Crippen molar-refractivity contribution < 1.29 is 4.79 Å². The number of amides is 1. The third-order valence-electron chi connectivity index (χ3n) is 6.19. The maximum absolute atomic E-state index is 12.0. The number of carbonyl (C=O) groups is 1. The van der Waals surface area contributed by atoms with Gasteiger partial charge in [0.1, 0.15) is 0 Å². The molecule has 4 rings (SSSR count). The van der Waals surface area contributed by atoms with Crippen molar-refractivity contribution >= 4 is 35.8 Å². The second-order valence-corrected chi connectivity index (χ2v) is 8.67. The fourth-order valence-corrected chi connectivity index (χ4v) is 4.04.